The summed E-state index contributed by atoms with van der Waals surface area (Å²) in [6.07, 6.45) is 19.9. The van der Waals surface area contributed by atoms with Gasteiger partial charge in [-0.25, -0.2) is 10.0 Å². The molecular formula is C35H42Cl4N4O3. The summed E-state index contributed by atoms with van der Waals surface area (Å²) in [6.45, 7) is 2.25. The molecule has 1 atom stereocenters. The van der Waals surface area contributed by atoms with Crippen LogP contribution in [0.3, 0.4) is 0 Å². The van der Waals surface area contributed by atoms with Crippen molar-refractivity contribution >= 4 is 87.0 Å². The van der Waals surface area contributed by atoms with Crippen molar-refractivity contribution in [2.45, 2.75) is 103 Å². The SMILES string of the molecule is CCCCCCCCCC/C=C/CCCC[C@H]1CC(=O)N(c2ccc(Cl)c(N=C3CC(=O)N(c4c(Cl)cc(Cl)cc4Cl)N3)c2)C1=O. The van der Waals surface area contributed by atoms with Gasteiger partial charge in [0.15, 0.2) is 0 Å². The fourth-order valence-electron chi connectivity index (χ4n) is 5.79. The number of carbonyl (C=O) groups is 3. The first kappa shape index (κ1) is 36.3. The Morgan fingerprint density at radius 2 is 1.43 bits per heavy atom. The molecule has 4 rings (SSSR count). The van der Waals surface area contributed by atoms with Gasteiger partial charge in [-0.3, -0.25) is 24.7 Å². The quantitative estimate of drug-likeness (QED) is 0.101. The van der Waals surface area contributed by atoms with Crippen LogP contribution < -0.4 is 15.3 Å². The van der Waals surface area contributed by atoms with E-state index in [9.17, 15) is 14.4 Å². The van der Waals surface area contributed by atoms with E-state index in [1.807, 2.05) is 0 Å². The standard InChI is InChI=1S/C35H42Cl4N4O3/c1-2-3-4-5-6-7-8-9-10-11-12-13-14-15-16-24-19-32(44)42(35(24)46)26-17-18-27(37)30(22-26)40-31-23-33(45)43(41-31)34-28(38)20-25(36)21-29(34)39/h11-12,17-18,20-22,24H,2-10,13-16,19,23H2,1H3,(H,40,41)/b12-11+/t24-/m0/s1. The molecule has 2 aliphatic rings. The molecule has 2 heterocycles. The van der Waals surface area contributed by atoms with Gasteiger partial charge in [0.25, 0.3) is 5.91 Å². The number of hydrogen-bond donors (Lipinski definition) is 1. The molecule has 0 spiro atoms. The maximum atomic E-state index is 13.3. The Morgan fingerprint density at radius 3 is 2.11 bits per heavy atom. The van der Waals surface area contributed by atoms with E-state index in [-0.39, 0.29) is 52.2 Å². The summed E-state index contributed by atoms with van der Waals surface area (Å²) in [5.74, 6) is -0.813. The summed E-state index contributed by atoms with van der Waals surface area (Å²) in [5.41, 5.74) is 3.89. The van der Waals surface area contributed by atoms with E-state index in [1.165, 1.54) is 73.4 Å². The fourth-order valence-corrected chi connectivity index (χ4v) is 6.94. The molecule has 0 unspecified atom stereocenters. The second kappa shape index (κ2) is 18.1. The average Bonchev–Trinajstić information content (AvgIpc) is 3.50. The molecule has 46 heavy (non-hydrogen) atoms. The van der Waals surface area contributed by atoms with Gasteiger partial charge < -0.3 is 0 Å². The van der Waals surface area contributed by atoms with E-state index >= 15 is 0 Å². The Labute approximate surface area is 292 Å². The molecule has 1 N–H and O–H groups in total. The molecule has 0 aliphatic carbocycles. The van der Waals surface area contributed by atoms with Crippen molar-refractivity contribution in [2.75, 3.05) is 9.91 Å². The first-order chi connectivity index (χ1) is 22.2. The van der Waals surface area contributed by atoms with Gasteiger partial charge in [-0.15, -0.1) is 0 Å². The zero-order chi connectivity index (χ0) is 33.1. The minimum absolute atomic E-state index is 0.0616. The van der Waals surface area contributed by atoms with Gasteiger partial charge in [0.05, 0.1) is 32.9 Å². The van der Waals surface area contributed by atoms with Gasteiger partial charge in [-0.05, 0) is 62.4 Å². The van der Waals surface area contributed by atoms with E-state index in [0.29, 0.717) is 33.7 Å². The number of nitrogens with zero attached hydrogens (tertiary/aromatic N) is 3. The predicted molar refractivity (Wildman–Crippen MR) is 191 cm³/mol. The van der Waals surface area contributed by atoms with Crippen molar-refractivity contribution in [3.63, 3.8) is 0 Å². The van der Waals surface area contributed by atoms with Crippen LogP contribution in [0.15, 0.2) is 47.5 Å². The van der Waals surface area contributed by atoms with E-state index in [0.717, 1.165) is 25.7 Å². The maximum absolute atomic E-state index is 13.3. The number of imide groups is 1. The first-order valence-electron chi connectivity index (χ1n) is 16.3. The monoisotopic (exact) mass is 706 g/mol. The summed E-state index contributed by atoms with van der Waals surface area (Å²) in [7, 11) is 0. The summed E-state index contributed by atoms with van der Waals surface area (Å²) >= 11 is 25.0. The first-order valence-corrected chi connectivity index (χ1v) is 17.8. The van der Waals surface area contributed by atoms with Gasteiger partial charge in [0, 0.05) is 17.4 Å². The van der Waals surface area contributed by atoms with Crippen molar-refractivity contribution in [2.24, 2.45) is 10.9 Å². The minimum Gasteiger partial charge on any atom is -0.277 e. The Kier molecular flexibility index (Phi) is 14.3. The van der Waals surface area contributed by atoms with Gasteiger partial charge in [-0.2, -0.15) is 0 Å². The van der Waals surface area contributed by atoms with E-state index in [1.54, 1.807) is 18.2 Å². The zero-order valence-electron chi connectivity index (χ0n) is 26.3. The van der Waals surface area contributed by atoms with Crippen molar-refractivity contribution in [1.29, 1.82) is 0 Å². The normalized spacial score (nSPS) is 17.7. The molecule has 0 aromatic heterocycles. The number of benzene rings is 2. The molecule has 2 saturated heterocycles. The third-order valence-corrected chi connectivity index (χ3v) is 9.38. The van der Waals surface area contributed by atoms with E-state index in [2.05, 4.69) is 29.5 Å². The number of allylic oxidation sites excluding steroid dienone is 2. The molecule has 3 amide bonds. The van der Waals surface area contributed by atoms with Gasteiger partial charge in [0.1, 0.15) is 11.5 Å². The van der Waals surface area contributed by atoms with Gasteiger partial charge in [-0.1, -0.05) is 117 Å². The molecular weight excluding hydrogens is 666 g/mol. The van der Waals surface area contributed by atoms with Gasteiger partial charge in [0.2, 0.25) is 11.8 Å². The number of carbonyl (C=O) groups excluding carboxylic acids is 3. The van der Waals surface area contributed by atoms with Crippen molar-refractivity contribution < 1.29 is 14.4 Å². The number of halogens is 4. The summed E-state index contributed by atoms with van der Waals surface area (Å²) in [5, 5.41) is 2.25. The highest BCUT2D eigenvalue weighted by molar-refractivity contribution is 6.42. The second-order valence-corrected chi connectivity index (χ2v) is 13.6. The molecule has 2 fully saturated rings. The maximum Gasteiger partial charge on any atom is 0.253 e. The fraction of sp³-hybridized carbons (Fsp3) is 0.486. The highest BCUT2D eigenvalue weighted by Crippen LogP contribution is 2.38. The van der Waals surface area contributed by atoms with Crippen LogP contribution in [0.4, 0.5) is 17.1 Å². The van der Waals surface area contributed by atoms with Crippen LogP contribution in [0.1, 0.15) is 103 Å². The minimum atomic E-state index is -0.337. The molecule has 2 aromatic carbocycles. The van der Waals surface area contributed by atoms with E-state index in [4.69, 9.17) is 46.4 Å². The van der Waals surface area contributed by atoms with E-state index < -0.39 is 0 Å². The third kappa shape index (κ3) is 9.96. The molecule has 2 aromatic rings. The molecule has 2 aliphatic heterocycles. The lowest BCUT2D eigenvalue weighted by Crippen LogP contribution is -2.36. The largest absolute Gasteiger partial charge is 0.277 e. The Balaban J connectivity index is 1.26. The number of amidine groups is 1. The van der Waals surface area contributed by atoms with Crippen LogP contribution in [0, 0.1) is 5.92 Å². The molecule has 11 heteroatoms. The summed E-state index contributed by atoms with van der Waals surface area (Å²) in [6, 6.07) is 7.78. The molecule has 0 bridgehead atoms. The Morgan fingerprint density at radius 1 is 0.804 bits per heavy atom. The van der Waals surface area contributed by atoms with Crippen LogP contribution in [-0.4, -0.2) is 23.6 Å². The zero-order valence-corrected chi connectivity index (χ0v) is 29.3. The number of amides is 3. The Bertz CT molecular complexity index is 1440. The van der Waals surface area contributed by atoms with Crippen LogP contribution >= 0.6 is 46.4 Å². The second-order valence-electron chi connectivity index (χ2n) is 11.9. The number of nitrogens with one attached hydrogen (secondary N) is 1. The van der Waals surface area contributed by atoms with Crippen molar-refractivity contribution in [3.8, 4) is 0 Å². The lowest BCUT2D eigenvalue weighted by molar-refractivity contribution is -0.122. The summed E-state index contributed by atoms with van der Waals surface area (Å²) in [4.78, 5) is 44.8. The highest BCUT2D eigenvalue weighted by Gasteiger charge is 2.39. The number of hydrazine groups is 1. The molecule has 0 radical (unpaired) electrons. The number of aliphatic imine (C=N–C) groups is 1. The number of hydrogen-bond acceptors (Lipinski definition) is 4. The smallest absolute Gasteiger partial charge is 0.253 e. The van der Waals surface area contributed by atoms with Gasteiger partial charge >= 0.3 is 0 Å². The number of unbranched alkanes of at least 4 members (excludes halogenated alkanes) is 10. The van der Waals surface area contributed by atoms with Crippen LogP contribution in [-0.2, 0) is 14.4 Å². The lowest BCUT2D eigenvalue weighted by Gasteiger charge is -2.19. The van der Waals surface area contributed by atoms with Crippen LogP contribution in [0.25, 0.3) is 0 Å². The number of rotatable bonds is 17. The molecule has 248 valence electrons. The lowest BCUT2D eigenvalue weighted by atomic mass is 9.99. The predicted octanol–water partition coefficient (Wildman–Crippen LogP) is 10.8. The average molecular weight is 709 g/mol. The molecule has 0 saturated carbocycles. The number of anilines is 2. The van der Waals surface area contributed by atoms with Crippen molar-refractivity contribution in [3.05, 3.63) is 62.6 Å². The van der Waals surface area contributed by atoms with Crippen LogP contribution in [0.2, 0.25) is 20.1 Å². The van der Waals surface area contributed by atoms with Crippen molar-refractivity contribution in [1.82, 2.24) is 5.43 Å². The Hall–Kier alpha value is -2.58. The summed E-state index contributed by atoms with van der Waals surface area (Å²) < 4.78 is 0. The third-order valence-electron chi connectivity index (χ3n) is 8.26. The van der Waals surface area contributed by atoms with Crippen LogP contribution in [0.5, 0.6) is 0 Å². The highest BCUT2D eigenvalue weighted by atomic mass is 35.5. The topological polar surface area (TPSA) is 82.1 Å². The molecule has 7 nitrogen and oxygen atoms in total.